The monoisotopic (exact) mass is 305 g/mol. The molecule has 0 amide bonds. The van der Waals surface area contributed by atoms with E-state index >= 15 is 0 Å². The van der Waals surface area contributed by atoms with E-state index in [1.54, 1.807) is 7.05 Å². The predicted octanol–water partition coefficient (Wildman–Crippen LogP) is 2.83. The van der Waals surface area contributed by atoms with E-state index in [1.165, 1.54) is 6.07 Å². The largest absolute Gasteiger partial charge is 0.417 e. The predicted molar refractivity (Wildman–Crippen MR) is 69.8 cm³/mol. The number of nitrogens with one attached hydrogen (secondary N) is 1. The fourth-order valence-electron chi connectivity index (χ4n) is 2.20. The molecule has 0 radical (unpaired) electrons. The summed E-state index contributed by atoms with van der Waals surface area (Å²) < 4.78 is 63.1. The second-order valence-electron chi connectivity index (χ2n) is 4.54. The third-order valence-corrected chi connectivity index (χ3v) is 5.11. The Balaban J connectivity index is 2.46. The van der Waals surface area contributed by atoms with Crippen LogP contribution in [0.1, 0.15) is 24.0 Å². The van der Waals surface area contributed by atoms with E-state index < -0.39 is 21.6 Å². The van der Waals surface area contributed by atoms with E-state index in [4.69, 9.17) is 0 Å². The summed E-state index contributed by atoms with van der Waals surface area (Å²) in [6.07, 6.45) is -2.62. The number of benzene rings is 1. The van der Waals surface area contributed by atoms with E-state index in [1.807, 2.05) is 0 Å². The van der Waals surface area contributed by atoms with Crippen molar-refractivity contribution in [3.63, 3.8) is 0 Å². The molecule has 3 nitrogen and oxygen atoms in total. The zero-order valence-electron chi connectivity index (χ0n) is 10.8. The second-order valence-corrected chi connectivity index (χ2v) is 6.51. The summed E-state index contributed by atoms with van der Waals surface area (Å²) in [5, 5.41) is 2.87. The maximum atomic E-state index is 12.9. The lowest BCUT2D eigenvalue weighted by Gasteiger charge is -2.10. The first-order valence-corrected chi connectivity index (χ1v) is 7.57. The first-order valence-electron chi connectivity index (χ1n) is 6.09. The van der Waals surface area contributed by atoms with Crippen LogP contribution in [-0.4, -0.2) is 22.0 Å². The average Bonchev–Trinajstić information content (AvgIpc) is 2.61. The van der Waals surface area contributed by atoms with Crippen molar-refractivity contribution in [2.75, 3.05) is 13.6 Å². The number of hydrogen-bond acceptors (Lipinski definition) is 3. The molecule has 0 fully saturated rings. The Bertz CT molecular complexity index is 648. The van der Waals surface area contributed by atoms with Crippen molar-refractivity contribution in [2.24, 2.45) is 0 Å². The average molecular weight is 305 g/mol. The van der Waals surface area contributed by atoms with E-state index in [9.17, 15) is 21.6 Å². The summed E-state index contributed by atoms with van der Waals surface area (Å²) in [4.78, 5) is -0.189. The SMILES string of the molecule is CNCCCC1=Cc2c(C(F)(F)F)cccc2S1(=O)=O. The molecule has 20 heavy (non-hydrogen) atoms. The molecule has 0 bridgehead atoms. The summed E-state index contributed by atoms with van der Waals surface area (Å²) in [5.41, 5.74) is -1.14. The molecule has 0 aliphatic carbocycles. The van der Waals surface area contributed by atoms with Crippen LogP contribution in [0.5, 0.6) is 0 Å². The summed E-state index contributed by atoms with van der Waals surface area (Å²) in [6, 6.07) is 3.26. The molecule has 0 spiro atoms. The molecule has 2 rings (SSSR count). The van der Waals surface area contributed by atoms with Gasteiger partial charge >= 0.3 is 6.18 Å². The van der Waals surface area contributed by atoms with Gasteiger partial charge in [-0.1, -0.05) is 6.07 Å². The summed E-state index contributed by atoms with van der Waals surface area (Å²) in [6.45, 7) is 0.606. The first-order chi connectivity index (χ1) is 9.28. The van der Waals surface area contributed by atoms with Gasteiger partial charge < -0.3 is 5.32 Å². The fourth-order valence-corrected chi connectivity index (χ4v) is 3.88. The zero-order chi connectivity index (χ0) is 15.0. The fraction of sp³-hybridized carbons (Fsp3) is 0.385. The van der Waals surface area contributed by atoms with E-state index in [0.29, 0.717) is 13.0 Å². The van der Waals surface area contributed by atoms with Gasteiger partial charge in [-0.3, -0.25) is 0 Å². The molecular weight excluding hydrogens is 291 g/mol. The van der Waals surface area contributed by atoms with Crippen molar-refractivity contribution in [1.82, 2.24) is 5.32 Å². The van der Waals surface area contributed by atoms with Crippen LogP contribution in [0.15, 0.2) is 28.0 Å². The van der Waals surface area contributed by atoms with E-state index in [2.05, 4.69) is 5.32 Å². The Morgan fingerprint density at radius 1 is 1.25 bits per heavy atom. The smallest absolute Gasteiger partial charge is 0.320 e. The Morgan fingerprint density at radius 3 is 2.55 bits per heavy atom. The molecule has 0 atom stereocenters. The molecule has 1 aromatic carbocycles. The molecule has 1 aliphatic rings. The normalized spacial score (nSPS) is 16.9. The van der Waals surface area contributed by atoms with Crippen molar-refractivity contribution in [3.05, 3.63) is 34.2 Å². The highest BCUT2D eigenvalue weighted by Gasteiger charge is 2.39. The first kappa shape index (κ1) is 15.1. The van der Waals surface area contributed by atoms with Crippen molar-refractivity contribution in [2.45, 2.75) is 23.9 Å². The Labute approximate surface area is 115 Å². The zero-order valence-corrected chi connectivity index (χ0v) is 11.6. The summed E-state index contributed by atoms with van der Waals surface area (Å²) in [7, 11) is -2.05. The van der Waals surface area contributed by atoms with Gasteiger partial charge in [0.15, 0.2) is 0 Å². The molecule has 0 saturated carbocycles. The van der Waals surface area contributed by atoms with Crippen molar-refractivity contribution in [1.29, 1.82) is 0 Å². The summed E-state index contributed by atoms with van der Waals surface area (Å²) >= 11 is 0. The Hall–Kier alpha value is -1.34. The van der Waals surface area contributed by atoms with Crippen molar-refractivity contribution in [3.8, 4) is 0 Å². The lowest BCUT2D eigenvalue weighted by molar-refractivity contribution is -0.137. The molecule has 110 valence electrons. The van der Waals surface area contributed by atoms with Crippen molar-refractivity contribution < 1.29 is 21.6 Å². The van der Waals surface area contributed by atoms with Gasteiger partial charge in [-0.15, -0.1) is 0 Å². The maximum Gasteiger partial charge on any atom is 0.417 e. The van der Waals surface area contributed by atoms with Crippen LogP contribution in [0.2, 0.25) is 0 Å². The maximum absolute atomic E-state index is 12.9. The van der Waals surface area contributed by atoms with Crippen LogP contribution in [-0.2, 0) is 16.0 Å². The molecule has 0 saturated heterocycles. The van der Waals surface area contributed by atoms with Gasteiger partial charge in [0.05, 0.1) is 10.5 Å². The molecule has 7 heteroatoms. The minimum atomic E-state index is -4.56. The van der Waals surface area contributed by atoms with E-state index in [0.717, 1.165) is 18.2 Å². The van der Waals surface area contributed by atoms with Crippen LogP contribution in [0.3, 0.4) is 0 Å². The van der Waals surface area contributed by atoms with Crippen LogP contribution in [0.4, 0.5) is 13.2 Å². The lowest BCUT2D eigenvalue weighted by Crippen LogP contribution is -2.10. The van der Waals surface area contributed by atoms with Crippen LogP contribution < -0.4 is 5.32 Å². The minimum Gasteiger partial charge on any atom is -0.320 e. The van der Waals surface area contributed by atoms with Crippen LogP contribution in [0.25, 0.3) is 6.08 Å². The number of halogens is 3. The van der Waals surface area contributed by atoms with Gasteiger partial charge in [-0.2, -0.15) is 13.2 Å². The topological polar surface area (TPSA) is 46.2 Å². The number of sulfone groups is 1. The number of alkyl halides is 3. The van der Waals surface area contributed by atoms with Crippen molar-refractivity contribution >= 4 is 15.9 Å². The highest BCUT2D eigenvalue weighted by molar-refractivity contribution is 7.95. The second kappa shape index (κ2) is 5.21. The quantitative estimate of drug-likeness (QED) is 0.870. The Kier molecular flexibility index (Phi) is 3.93. The minimum absolute atomic E-state index is 0.0550. The lowest BCUT2D eigenvalue weighted by atomic mass is 10.1. The third kappa shape index (κ3) is 2.60. The number of hydrogen-bond donors (Lipinski definition) is 1. The standard InChI is InChI=1S/C13H14F3NO2S/c1-17-7-3-4-9-8-10-11(13(14,15)16)5-2-6-12(10)20(9,18)19/h2,5-6,8,17H,3-4,7H2,1H3. The molecule has 1 N–H and O–H groups in total. The van der Waals surface area contributed by atoms with Gasteiger partial charge in [0.2, 0.25) is 9.84 Å². The molecule has 0 unspecified atom stereocenters. The van der Waals surface area contributed by atoms with Gasteiger partial charge in [0.1, 0.15) is 0 Å². The third-order valence-electron chi connectivity index (χ3n) is 3.16. The van der Waals surface area contributed by atoms with Gasteiger partial charge in [-0.25, -0.2) is 8.42 Å². The number of allylic oxidation sites excluding steroid dienone is 1. The summed E-state index contributed by atoms with van der Waals surface area (Å²) in [5.74, 6) is 0. The van der Waals surface area contributed by atoms with Crippen LogP contribution in [0, 0.1) is 0 Å². The molecule has 0 aromatic heterocycles. The highest BCUT2D eigenvalue weighted by Crippen LogP contribution is 2.42. The molecule has 1 aromatic rings. The molecule has 1 aliphatic heterocycles. The highest BCUT2D eigenvalue weighted by atomic mass is 32.2. The number of rotatable bonds is 4. The van der Waals surface area contributed by atoms with Gasteiger partial charge in [0, 0.05) is 10.5 Å². The van der Waals surface area contributed by atoms with Crippen LogP contribution >= 0.6 is 0 Å². The Morgan fingerprint density at radius 2 is 1.95 bits per heavy atom. The van der Waals surface area contributed by atoms with Gasteiger partial charge in [0.25, 0.3) is 0 Å². The molecular formula is C13H14F3NO2S. The van der Waals surface area contributed by atoms with Gasteiger partial charge in [-0.05, 0) is 44.6 Å². The molecule has 1 heterocycles. The number of fused-ring (bicyclic) bond motifs is 1. The van der Waals surface area contributed by atoms with E-state index in [-0.39, 0.29) is 21.8 Å².